The predicted molar refractivity (Wildman–Crippen MR) is 95.7 cm³/mol. The number of aromatic nitrogens is 1. The smallest absolute Gasteiger partial charge is 0.253 e. The predicted octanol–water partition coefficient (Wildman–Crippen LogP) is 2.67. The summed E-state index contributed by atoms with van der Waals surface area (Å²) < 4.78 is 6.29. The van der Waals surface area contributed by atoms with Gasteiger partial charge in [-0.1, -0.05) is 13.8 Å². The van der Waals surface area contributed by atoms with Crippen LogP contribution in [-0.2, 0) is 17.7 Å². The molecule has 3 atom stereocenters. The normalized spacial score (nSPS) is 31.4. The lowest BCUT2D eigenvalue weighted by Gasteiger charge is -2.34. The van der Waals surface area contributed by atoms with Crippen LogP contribution in [0.1, 0.15) is 61.1 Å². The summed E-state index contributed by atoms with van der Waals surface area (Å²) in [4.78, 5) is 19.3. The summed E-state index contributed by atoms with van der Waals surface area (Å²) in [5, 5.41) is 2.89. The molecule has 3 unspecified atom stereocenters. The van der Waals surface area contributed by atoms with E-state index in [0.717, 1.165) is 43.1 Å². The Hall–Kier alpha value is -1.62. The van der Waals surface area contributed by atoms with E-state index in [4.69, 9.17) is 9.72 Å². The minimum atomic E-state index is 0.0220. The van der Waals surface area contributed by atoms with Gasteiger partial charge in [0.15, 0.2) is 0 Å². The first-order valence-corrected chi connectivity index (χ1v) is 9.77. The molecule has 1 saturated heterocycles. The maximum atomic E-state index is 11.9. The zero-order valence-electron chi connectivity index (χ0n) is 15.2. The largest absolute Gasteiger partial charge is 0.377 e. The van der Waals surface area contributed by atoms with Crippen LogP contribution in [0.25, 0.3) is 0 Å². The first-order valence-electron chi connectivity index (χ1n) is 9.77. The molecular weight excluding hydrogens is 314 g/mol. The number of nitrogens with one attached hydrogen (secondary N) is 1. The number of carbonyl (C=O) groups is 1. The summed E-state index contributed by atoms with van der Waals surface area (Å²) in [6.45, 7) is 7.01. The lowest BCUT2D eigenvalue weighted by molar-refractivity contribution is 0.00311. The van der Waals surface area contributed by atoms with Gasteiger partial charge in [-0.3, -0.25) is 4.79 Å². The first kappa shape index (κ1) is 15.6. The fourth-order valence-electron chi connectivity index (χ4n) is 4.42. The van der Waals surface area contributed by atoms with Gasteiger partial charge in [-0.25, -0.2) is 4.98 Å². The van der Waals surface area contributed by atoms with Gasteiger partial charge in [0.05, 0.1) is 30.5 Å². The Bertz CT molecular complexity index is 728. The molecule has 5 nitrogen and oxygen atoms in total. The van der Waals surface area contributed by atoms with Crippen molar-refractivity contribution in [1.29, 1.82) is 0 Å². The van der Waals surface area contributed by atoms with E-state index in [-0.39, 0.29) is 5.91 Å². The molecule has 25 heavy (non-hydrogen) atoms. The quantitative estimate of drug-likeness (QED) is 0.895. The molecule has 0 bridgehead atoms. The van der Waals surface area contributed by atoms with Gasteiger partial charge in [-0.2, -0.15) is 0 Å². The molecule has 0 spiro atoms. The Labute approximate surface area is 149 Å². The number of hydrogen-bond donors (Lipinski definition) is 1. The number of nitrogens with zero attached hydrogens (tertiary/aromatic N) is 2. The van der Waals surface area contributed by atoms with E-state index < -0.39 is 0 Å². The van der Waals surface area contributed by atoms with E-state index in [1.54, 1.807) is 0 Å². The highest BCUT2D eigenvalue weighted by Crippen LogP contribution is 2.49. The number of fused-ring (bicyclic) bond motifs is 2. The van der Waals surface area contributed by atoms with Crippen LogP contribution in [0.2, 0.25) is 0 Å². The van der Waals surface area contributed by atoms with Gasteiger partial charge in [0.2, 0.25) is 0 Å². The van der Waals surface area contributed by atoms with Crippen molar-refractivity contribution in [3.05, 3.63) is 22.9 Å². The van der Waals surface area contributed by atoms with E-state index in [2.05, 4.69) is 30.1 Å². The van der Waals surface area contributed by atoms with Crippen molar-refractivity contribution < 1.29 is 9.53 Å². The fourth-order valence-corrected chi connectivity index (χ4v) is 4.42. The maximum Gasteiger partial charge on any atom is 0.253 e. The molecule has 3 heterocycles. The molecular formula is C20H27N3O2. The average molecular weight is 341 g/mol. The molecule has 1 aromatic heterocycles. The van der Waals surface area contributed by atoms with Crippen molar-refractivity contribution in [2.45, 2.75) is 64.6 Å². The summed E-state index contributed by atoms with van der Waals surface area (Å²) in [6.07, 6.45) is 6.31. The summed E-state index contributed by atoms with van der Waals surface area (Å²) in [5.41, 5.74) is 3.35. The van der Waals surface area contributed by atoms with Crippen LogP contribution in [0.5, 0.6) is 0 Å². The highest BCUT2D eigenvalue weighted by atomic mass is 16.5. The van der Waals surface area contributed by atoms with Crippen LogP contribution in [0.4, 0.5) is 5.82 Å². The van der Waals surface area contributed by atoms with Crippen molar-refractivity contribution >= 4 is 11.7 Å². The van der Waals surface area contributed by atoms with Gasteiger partial charge < -0.3 is 15.0 Å². The standard InChI is InChI=1S/C20H27N3O2/c1-3-12-8-13-15(10-21-19(13)24)22-18(12)23-7-4-17(14-9-16(14)23)25-11-20(2)5-6-20/h8,14,16-17H,3-7,9-11H2,1-2H3,(H,21,24). The molecule has 134 valence electrons. The van der Waals surface area contributed by atoms with Crippen molar-refractivity contribution in [2.24, 2.45) is 11.3 Å². The molecule has 4 aliphatic rings. The van der Waals surface area contributed by atoms with E-state index >= 15 is 0 Å². The third-order valence-electron chi connectivity index (χ3n) is 6.56. The Morgan fingerprint density at radius 1 is 1.44 bits per heavy atom. The maximum absolute atomic E-state index is 11.9. The highest BCUT2D eigenvalue weighted by Gasteiger charge is 2.52. The highest BCUT2D eigenvalue weighted by molar-refractivity contribution is 5.98. The molecule has 0 aromatic carbocycles. The monoisotopic (exact) mass is 341 g/mol. The fraction of sp³-hybridized carbons (Fsp3) is 0.700. The number of ether oxygens (including phenoxy) is 1. The van der Waals surface area contributed by atoms with Crippen LogP contribution in [-0.4, -0.2) is 36.2 Å². The molecule has 1 aromatic rings. The van der Waals surface area contributed by atoms with Crippen molar-refractivity contribution in [3.8, 4) is 0 Å². The average Bonchev–Trinajstić information content (AvgIpc) is 3.52. The third-order valence-corrected chi connectivity index (χ3v) is 6.56. The van der Waals surface area contributed by atoms with Crippen LogP contribution < -0.4 is 10.2 Å². The number of carbonyl (C=O) groups excluding carboxylic acids is 1. The zero-order chi connectivity index (χ0) is 17.2. The van der Waals surface area contributed by atoms with Gasteiger partial charge in [0.25, 0.3) is 5.91 Å². The summed E-state index contributed by atoms with van der Waals surface area (Å²) >= 11 is 0. The van der Waals surface area contributed by atoms with Gasteiger partial charge in [0.1, 0.15) is 5.82 Å². The summed E-state index contributed by atoms with van der Waals surface area (Å²) in [5.74, 6) is 1.79. The molecule has 0 radical (unpaired) electrons. The number of piperidine rings is 1. The van der Waals surface area contributed by atoms with Crippen LogP contribution in [0.3, 0.4) is 0 Å². The van der Waals surface area contributed by atoms with Crippen molar-refractivity contribution in [1.82, 2.24) is 10.3 Å². The van der Waals surface area contributed by atoms with Crippen LogP contribution in [0, 0.1) is 11.3 Å². The van der Waals surface area contributed by atoms with Gasteiger partial charge in [-0.15, -0.1) is 0 Å². The second kappa shape index (κ2) is 5.44. The lowest BCUT2D eigenvalue weighted by atomic mass is 10.0. The van der Waals surface area contributed by atoms with E-state index in [1.807, 2.05) is 0 Å². The summed E-state index contributed by atoms with van der Waals surface area (Å²) in [6, 6.07) is 2.64. The number of hydrogen-bond acceptors (Lipinski definition) is 4. The Morgan fingerprint density at radius 2 is 2.28 bits per heavy atom. The second-order valence-electron chi connectivity index (χ2n) is 8.61. The molecule has 2 saturated carbocycles. The minimum Gasteiger partial charge on any atom is -0.377 e. The SMILES string of the molecule is CCc1cc2c(nc1N1CCC(OCC3(C)CC3)C3CC31)CNC2=O. The van der Waals surface area contributed by atoms with Crippen LogP contribution >= 0.6 is 0 Å². The third kappa shape index (κ3) is 2.64. The molecule has 2 aliphatic carbocycles. The Balaban J connectivity index is 1.33. The molecule has 3 fully saturated rings. The van der Waals surface area contributed by atoms with E-state index in [0.29, 0.717) is 30.0 Å². The zero-order valence-corrected chi connectivity index (χ0v) is 15.2. The second-order valence-corrected chi connectivity index (χ2v) is 8.61. The van der Waals surface area contributed by atoms with Gasteiger partial charge in [0, 0.05) is 18.5 Å². The minimum absolute atomic E-state index is 0.0220. The molecule has 1 N–H and O–H groups in total. The number of amides is 1. The molecule has 5 heteroatoms. The van der Waals surface area contributed by atoms with E-state index in [9.17, 15) is 4.79 Å². The Morgan fingerprint density at radius 3 is 3.04 bits per heavy atom. The van der Waals surface area contributed by atoms with Gasteiger partial charge in [-0.05, 0) is 49.1 Å². The summed E-state index contributed by atoms with van der Waals surface area (Å²) in [7, 11) is 0. The molecule has 5 rings (SSSR count). The van der Waals surface area contributed by atoms with Crippen molar-refractivity contribution in [3.63, 3.8) is 0 Å². The van der Waals surface area contributed by atoms with Crippen LogP contribution in [0.15, 0.2) is 6.07 Å². The molecule has 2 aliphatic heterocycles. The number of rotatable bonds is 5. The number of anilines is 1. The van der Waals surface area contributed by atoms with Crippen molar-refractivity contribution in [2.75, 3.05) is 18.1 Å². The molecule has 1 amide bonds. The Kier molecular flexibility index (Phi) is 3.40. The van der Waals surface area contributed by atoms with Gasteiger partial charge >= 0.3 is 0 Å². The number of pyridine rings is 1. The lowest BCUT2D eigenvalue weighted by Crippen LogP contribution is -2.40. The first-order chi connectivity index (χ1) is 12.1. The van der Waals surface area contributed by atoms with E-state index in [1.165, 1.54) is 24.8 Å². The topological polar surface area (TPSA) is 54.5 Å². The number of aryl methyl sites for hydroxylation is 1.